The Labute approximate surface area is 144 Å². The molecule has 5 nitrogen and oxygen atoms in total. The molecule has 124 valence electrons. The van der Waals surface area contributed by atoms with Gasteiger partial charge in [-0.1, -0.05) is 41.9 Å². The van der Waals surface area contributed by atoms with Gasteiger partial charge in [-0.25, -0.2) is 0 Å². The van der Waals surface area contributed by atoms with Crippen molar-refractivity contribution in [2.45, 2.75) is 13.0 Å². The highest BCUT2D eigenvalue weighted by Gasteiger charge is 2.25. The molecule has 0 saturated heterocycles. The van der Waals surface area contributed by atoms with Crippen molar-refractivity contribution in [3.8, 4) is 5.75 Å². The summed E-state index contributed by atoms with van der Waals surface area (Å²) in [7, 11) is 0. The van der Waals surface area contributed by atoms with Crippen molar-refractivity contribution in [2.24, 2.45) is 0 Å². The quantitative estimate of drug-likeness (QED) is 0.798. The van der Waals surface area contributed by atoms with E-state index >= 15 is 0 Å². The van der Waals surface area contributed by atoms with E-state index in [-0.39, 0.29) is 25.5 Å². The summed E-state index contributed by atoms with van der Waals surface area (Å²) < 4.78 is 10.8. The third-order valence-corrected chi connectivity index (χ3v) is 4.03. The Bertz CT molecular complexity index is 762. The van der Waals surface area contributed by atoms with E-state index in [4.69, 9.17) is 21.1 Å². The van der Waals surface area contributed by atoms with Gasteiger partial charge < -0.3 is 9.47 Å². The van der Waals surface area contributed by atoms with E-state index in [0.29, 0.717) is 23.1 Å². The number of ether oxygens (including phenoxy) is 2. The number of esters is 1. The first kappa shape index (κ1) is 16.3. The van der Waals surface area contributed by atoms with E-state index < -0.39 is 5.97 Å². The predicted molar refractivity (Wildman–Crippen MR) is 90.2 cm³/mol. The van der Waals surface area contributed by atoms with Gasteiger partial charge >= 0.3 is 5.97 Å². The molecule has 3 rings (SSSR count). The molecule has 0 radical (unpaired) electrons. The third-order valence-electron chi connectivity index (χ3n) is 3.66. The summed E-state index contributed by atoms with van der Waals surface area (Å²) in [5.41, 5.74) is 1.30. The van der Waals surface area contributed by atoms with Crippen LogP contribution in [0, 0.1) is 0 Å². The fourth-order valence-electron chi connectivity index (χ4n) is 2.44. The van der Waals surface area contributed by atoms with Crippen LogP contribution >= 0.6 is 11.6 Å². The summed E-state index contributed by atoms with van der Waals surface area (Å²) in [5.74, 6) is -0.0862. The minimum atomic E-state index is -0.500. The zero-order chi connectivity index (χ0) is 16.9. The van der Waals surface area contributed by atoms with E-state index in [9.17, 15) is 9.59 Å². The van der Waals surface area contributed by atoms with Crippen molar-refractivity contribution < 1.29 is 19.1 Å². The Balaban J connectivity index is 1.69. The summed E-state index contributed by atoms with van der Waals surface area (Å²) in [6.07, 6.45) is 0.215. The second-order valence-electron chi connectivity index (χ2n) is 5.30. The van der Waals surface area contributed by atoms with Crippen LogP contribution in [0.2, 0.25) is 5.02 Å². The van der Waals surface area contributed by atoms with Gasteiger partial charge in [0.25, 0.3) is 0 Å². The molecule has 2 aromatic rings. The molecule has 0 spiro atoms. The van der Waals surface area contributed by atoms with Crippen molar-refractivity contribution in [2.75, 3.05) is 18.1 Å². The molecule has 0 bridgehead atoms. The van der Waals surface area contributed by atoms with Crippen molar-refractivity contribution in [3.63, 3.8) is 0 Å². The monoisotopic (exact) mass is 345 g/mol. The maximum Gasteiger partial charge on any atom is 0.326 e. The van der Waals surface area contributed by atoms with Crippen LogP contribution in [0.3, 0.4) is 0 Å². The lowest BCUT2D eigenvalue weighted by Crippen LogP contribution is -2.36. The Morgan fingerprint density at radius 3 is 2.75 bits per heavy atom. The molecule has 24 heavy (non-hydrogen) atoms. The summed E-state index contributed by atoms with van der Waals surface area (Å²) >= 11 is 6.04. The molecular formula is C18H16ClNO4. The second-order valence-corrected chi connectivity index (χ2v) is 5.71. The summed E-state index contributed by atoms with van der Waals surface area (Å²) in [6.45, 7) is 0.198. The first-order valence-corrected chi connectivity index (χ1v) is 7.94. The number of benzene rings is 2. The summed E-state index contributed by atoms with van der Waals surface area (Å²) in [6, 6.07) is 14.3. The average molecular weight is 346 g/mol. The van der Waals surface area contributed by atoms with Gasteiger partial charge in [0, 0.05) is 10.6 Å². The molecule has 0 atom stereocenters. The van der Waals surface area contributed by atoms with Crippen LogP contribution in [0.15, 0.2) is 48.5 Å². The van der Waals surface area contributed by atoms with E-state index in [1.54, 1.807) is 36.4 Å². The normalized spacial score (nSPS) is 13.7. The zero-order valence-electron chi connectivity index (χ0n) is 12.9. The number of rotatable bonds is 4. The Kier molecular flexibility index (Phi) is 5.01. The molecule has 2 aromatic carbocycles. The highest BCUT2D eigenvalue weighted by atomic mass is 35.5. The lowest BCUT2D eigenvalue weighted by molar-refractivity contribution is -0.144. The molecule has 0 N–H and O–H groups in total. The van der Waals surface area contributed by atoms with Crippen molar-refractivity contribution >= 4 is 29.2 Å². The Morgan fingerprint density at radius 2 is 1.92 bits per heavy atom. The van der Waals surface area contributed by atoms with Gasteiger partial charge in [-0.2, -0.15) is 0 Å². The van der Waals surface area contributed by atoms with E-state index in [0.717, 1.165) is 5.56 Å². The van der Waals surface area contributed by atoms with Gasteiger partial charge in [0.05, 0.1) is 18.7 Å². The van der Waals surface area contributed by atoms with Crippen molar-refractivity contribution in [1.82, 2.24) is 0 Å². The minimum absolute atomic E-state index is 0.0681. The Hall–Kier alpha value is -2.53. The standard InChI is InChI=1S/C18H16ClNO4/c19-14-6-2-1-5-13(14)12-24-18(22)11-20-15-7-3-4-8-16(15)23-10-9-17(20)21/h1-8H,9-12H2. The number of para-hydroxylation sites is 2. The number of hydrogen-bond acceptors (Lipinski definition) is 4. The second kappa shape index (κ2) is 7.36. The summed E-state index contributed by atoms with van der Waals surface area (Å²) in [5, 5.41) is 0.537. The molecule has 0 aromatic heterocycles. The lowest BCUT2D eigenvalue weighted by atomic mass is 10.2. The molecule has 0 saturated carbocycles. The van der Waals surface area contributed by atoms with E-state index in [2.05, 4.69) is 0 Å². The zero-order valence-corrected chi connectivity index (χ0v) is 13.7. The predicted octanol–water partition coefficient (Wildman–Crippen LogP) is 3.20. The topological polar surface area (TPSA) is 55.8 Å². The Morgan fingerprint density at radius 1 is 1.17 bits per heavy atom. The molecule has 1 aliphatic rings. The van der Waals surface area contributed by atoms with Crippen LogP contribution in [0.4, 0.5) is 5.69 Å². The fourth-order valence-corrected chi connectivity index (χ4v) is 2.63. The molecular weight excluding hydrogens is 330 g/mol. The number of amides is 1. The maximum atomic E-state index is 12.3. The van der Waals surface area contributed by atoms with E-state index in [1.807, 2.05) is 12.1 Å². The number of carbonyl (C=O) groups excluding carboxylic acids is 2. The van der Waals surface area contributed by atoms with Gasteiger partial charge in [-0.3, -0.25) is 14.5 Å². The molecule has 0 fully saturated rings. The number of fused-ring (bicyclic) bond motifs is 1. The average Bonchev–Trinajstić information content (AvgIpc) is 2.74. The minimum Gasteiger partial charge on any atom is -0.491 e. The third kappa shape index (κ3) is 3.68. The van der Waals surface area contributed by atoms with Crippen LogP contribution in [-0.4, -0.2) is 25.0 Å². The van der Waals surface area contributed by atoms with Gasteiger partial charge in [-0.15, -0.1) is 0 Å². The molecule has 6 heteroatoms. The van der Waals surface area contributed by atoms with E-state index in [1.165, 1.54) is 4.90 Å². The number of nitrogens with zero attached hydrogens (tertiary/aromatic N) is 1. The first-order valence-electron chi connectivity index (χ1n) is 7.56. The van der Waals surface area contributed by atoms with Crippen LogP contribution < -0.4 is 9.64 Å². The van der Waals surface area contributed by atoms with Crippen LogP contribution in [0.25, 0.3) is 0 Å². The maximum absolute atomic E-state index is 12.3. The highest BCUT2D eigenvalue weighted by molar-refractivity contribution is 6.31. The number of carbonyl (C=O) groups is 2. The first-order chi connectivity index (χ1) is 11.6. The lowest BCUT2D eigenvalue weighted by Gasteiger charge is -2.20. The van der Waals surface area contributed by atoms with Crippen molar-refractivity contribution in [1.29, 1.82) is 0 Å². The van der Waals surface area contributed by atoms with Gasteiger partial charge in [-0.05, 0) is 18.2 Å². The SMILES string of the molecule is O=C(CN1C(=O)CCOc2ccccc21)OCc1ccccc1Cl. The molecule has 0 aliphatic carbocycles. The molecule has 1 aliphatic heterocycles. The van der Waals surface area contributed by atoms with Gasteiger partial charge in [0.1, 0.15) is 18.9 Å². The molecule has 1 heterocycles. The van der Waals surface area contributed by atoms with Gasteiger partial charge in [0.2, 0.25) is 5.91 Å². The summed E-state index contributed by atoms with van der Waals surface area (Å²) in [4.78, 5) is 25.8. The number of hydrogen-bond donors (Lipinski definition) is 0. The largest absolute Gasteiger partial charge is 0.491 e. The fraction of sp³-hybridized carbons (Fsp3) is 0.222. The molecule has 0 unspecified atom stereocenters. The number of halogens is 1. The number of anilines is 1. The van der Waals surface area contributed by atoms with Crippen molar-refractivity contribution in [3.05, 3.63) is 59.1 Å². The highest BCUT2D eigenvalue weighted by Crippen LogP contribution is 2.30. The van der Waals surface area contributed by atoms with Crippen LogP contribution in [-0.2, 0) is 20.9 Å². The molecule has 1 amide bonds. The van der Waals surface area contributed by atoms with Gasteiger partial charge in [0.15, 0.2) is 0 Å². The smallest absolute Gasteiger partial charge is 0.326 e. The van der Waals surface area contributed by atoms with Crippen LogP contribution in [0.5, 0.6) is 5.75 Å². The van der Waals surface area contributed by atoms with Crippen LogP contribution in [0.1, 0.15) is 12.0 Å².